The molecule has 0 unspecified atom stereocenters. The molecular formula is C16H11F3I2O4. The minimum Gasteiger partial charge on any atom is -0.507 e. The van der Waals surface area contributed by atoms with Gasteiger partial charge in [0.2, 0.25) is 0 Å². The monoisotopic (exact) mass is 578 g/mol. The lowest BCUT2D eigenvalue weighted by atomic mass is 10.1. The summed E-state index contributed by atoms with van der Waals surface area (Å²) in [6.07, 6.45) is -4.72. The van der Waals surface area contributed by atoms with Gasteiger partial charge in [-0.2, -0.15) is 13.2 Å². The largest absolute Gasteiger partial charge is 0.507 e. The van der Waals surface area contributed by atoms with Crippen molar-refractivity contribution in [2.45, 2.75) is 13.1 Å². The number of phenolic OH excluding ortho intramolecular Hbond substituents is 1. The van der Waals surface area contributed by atoms with Crippen molar-refractivity contribution in [2.75, 3.05) is 6.61 Å². The lowest BCUT2D eigenvalue weighted by molar-refractivity contribution is -0.138. The Kier molecular flexibility index (Phi) is 6.40. The highest BCUT2D eigenvalue weighted by atomic mass is 127. The predicted molar refractivity (Wildman–Crippen MR) is 101 cm³/mol. The van der Waals surface area contributed by atoms with Crippen LogP contribution in [0.4, 0.5) is 13.2 Å². The van der Waals surface area contributed by atoms with Gasteiger partial charge in [-0.3, -0.25) is 0 Å². The molecule has 1 N–H and O–H groups in total. The second kappa shape index (κ2) is 7.98. The number of alkyl halides is 3. The Morgan fingerprint density at radius 3 is 2.40 bits per heavy atom. The van der Waals surface area contributed by atoms with E-state index in [2.05, 4.69) is 0 Å². The minimum atomic E-state index is -4.72. The zero-order valence-electron chi connectivity index (χ0n) is 12.7. The second-order valence-corrected chi connectivity index (χ2v) is 7.09. The SMILES string of the molecule is CCOC(=O)c1cc(I)c(Oc2ccc(O)c(I)c2)c(C(F)(F)F)c1. The first-order valence-corrected chi connectivity index (χ1v) is 9.03. The fourth-order valence-electron chi connectivity index (χ4n) is 1.91. The molecule has 0 fully saturated rings. The number of carbonyl (C=O) groups excluding carboxylic acids is 1. The summed E-state index contributed by atoms with van der Waals surface area (Å²) in [5.41, 5.74) is -1.28. The highest BCUT2D eigenvalue weighted by molar-refractivity contribution is 14.1. The van der Waals surface area contributed by atoms with Crippen molar-refractivity contribution < 1.29 is 32.5 Å². The third-order valence-electron chi connectivity index (χ3n) is 3.00. The van der Waals surface area contributed by atoms with Gasteiger partial charge in [-0.15, -0.1) is 0 Å². The molecule has 0 aliphatic carbocycles. The fourth-order valence-corrected chi connectivity index (χ4v) is 3.13. The average Bonchev–Trinajstić information content (AvgIpc) is 2.51. The molecule has 2 rings (SSSR count). The molecule has 0 aliphatic rings. The van der Waals surface area contributed by atoms with E-state index in [0.717, 1.165) is 0 Å². The van der Waals surface area contributed by atoms with E-state index in [0.29, 0.717) is 9.64 Å². The Bertz CT molecular complexity index is 807. The van der Waals surface area contributed by atoms with Crippen molar-refractivity contribution in [3.8, 4) is 17.2 Å². The Balaban J connectivity index is 2.52. The Morgan fingerprint density at radius 1 is 1.16 bits per heavy atom. The molecule has 0 saturated carbocycles. The van der Waals surface area contributed by atoms with Crippen LogP contribution in [0.1, 0.15) is 22.8 Å². The van der Waals surface area contributed by atoms with Crippen molar-refractivity contribution in [3.05, 3.63) is 48.6 Å². The second-order valence-electron chi connectivity index (χ2n) is 4.77. The molecule has 0 heterocycles. The Morgan fingerprint density at radius 2 is 1.84 bits per heavy atom. The van der Waals surface area contributed by atoms with E-state index < -0.39 is 23.5 Å². The minimum absolute atomic E-state index is 0.00338. The van der Waals surface area contributed by atoms with Gasteiger partial charge < -0.3 is 14.6 Å². The van der Waals surface area contributed by atoms with Crippen LogP contribution in [0.5, 0.6) is 17.2 Å². The molecule has 0 bridgehead atoms. The van der Waals surface area contributed by atoms with Gasteiger partial charge in [0.1, 0.15) is 17.1 Å². The Labute approximate surface area is 168 Å². The van der Waals surface area contributed by atoms with E-state index in [1.54, 1.807) is 29.5 Å². The van der Waals surface area contributed by atoms with Gasteiger partial charge in [-0.25, -0.2) is 4.79 Å². The van der Waals surface area contributed by atoms with Crippen molar-refractivity contribution in [1.82, 2.24) is 0 Å². The molecule has 25 heavy (non-hydrogen) atoms. The number of rotatable bonds is 4. The average molecular weight is 578 g/mol. The molecule has 4 nitrogen and oxygen atoms in total. The van der Waals surface area contributed by atoms with Gasteiger partial charge in [0, 0.05) is 0 Å². The van der Waals surface area contributed by atoms with Crippen LogP contribution in [0.15, 0.2) is 30.3 Å². The predicted octanol–water partition coefficient (Wildman–Crippen LogP) is 5.59. The lowest BCUT2D eigenvalue weighted by Gasteiger charge is -2.17. The molecule has 2 aromatic carbocycles. The number of ether oxygens (including phenoxy) is 2. The maximum Gasteiger partial charge on any atom is 0.420 e. The summed E-state index contributed by atoms with van der Waals surface area (Å²) >= 11 is 3.51. The van der Waals surface area contributed by atoms with Gasteiger partial charge >= 0.3 is 12.1 Å². The third-order valence-corrected chi connectivity index (χ3v) is 4.66. The third kappa shape index (κ3) is 4.90. The van der Waals surface area contributed by atoms with Crippen molar-refractivity contribution in [1.29, 1.82) is 0 Å². The molecule has 0 amide bonds. The van der Waals surface area contributed by atoms with Crippen molar-refractivity contribution >= 4 is 51.2 Å². The summed E-state index contributed by atoms with van der Waals surface area (Å²) in [5.74, 6) is -1.12. The molecule has 0 atom stereocenters. The quantitative estimate of drug-likeness (QED) is 0.380. The van der Waals surface area contributed by atoms with Crippen LogP contribution in [0.3, 0.4) is 0 Å². The van der Waals surface area contributed by atoms with Gasteiger partial charge in [0.15, 0.2) is 5.75 Å². The van der Waals surface area contributed by atoms with Crippen molar-refractivity contribution in [2.24, 2.45) is 0 Å². The molecule has 0 radical (unpaired) electrons. The zero-order chi connectivity index (χ0) is 18.8. The van der Waals surface area contributed by atoms with Gasteiger partial charge in [-0.05, 0) is 82.4 Å². The highest BCUT2D eigenvalue weighted by Crippen LogP contribution is 2.42. The Hall–Kier alpha value is -1.24. The summed E-state index contributed by atoms with van der Waals surface area (Å²) in [7, 11) is 0. The van der Waals surface area contributed by atoms with E-state index in [1.165, 1.54) is 24.3 Å². The summed E-state index contributed by atoms with van der Waals surface area (Å²) in [4.78, 5) is 11.8. The van der Waals surface area contributed by atoms with Gasteiger partial charge in [0.25, 0.3) is 0 Å². The highest BCUT2D eigenvalue weighted by Gasteiger charge is 2.37. The first-order valence-electron chi connectivity index (χ1n) is 6.87. The first-order chi connectivity index (χ1) is 11.6. The smallest absolute Gasteiger partial charge is 0.420 e. The number of phenols is 1. The maximum atomic E-state index is 13.4. The van der Waals surface area contributed by atoms with E-state index in [1.807, 2.05) is 22.6 Å². The molecule has 0 saturated heterocycles. The first kappa shape index (κ1) is 20.1. The number of hydrogen-bond acceptors (Lipinski definition) is 4. The lowest BCUT2D eigenvalue weighted by Crippen LogP contribution is -2.12. The number of benzene rings is 2. The summed E-state index contributed by atoms with van der Waals surface area (Å²) in [5, 5.41) is 9.50. The molecule has 0 spiro atoms. The maximum absolute atomic E-state index is 13.4. The zero-order valence-corrected chi connectivity index (χ0v) is 17.0. The molecule has 0 aliphatic heterocycles. The van der Waals surface area contributed by atoms with Gasteiger partial charge in [-0.1, -0.05) is 0 Å². The molecule has 134 valence electrons. The van der Waals surface area contributed by atoms with Crippen LogP contribution in [0, 0.1) is 7.14 Å². The van der Waals surface area contributed by atoms with E-state index in [-0.39, 0.29) is 27.2 Å². The van der Waals surface area contributed by atoms with Crippen LogP contribution < -0.4 is 4.74 Å². The fraction of sp³-hybridized carbons (Fsp3) is 0.188. The van der Waals surface area contributed by atoms with Crippen LogP contribution in [0.2, 0.25) is 0 Å². The summed E-state index contributed by atoms with van der Waals surface area (Å²) < 4.78 is 51.0. The molecule has 0 aromatic heterocycles. The van der Waals surface area contributed by atoms with Crippen LogP contribution >= 0.6 is 45.2 Å². The standard InChI is InChI=1S/C16H11F3I2O4/c1-2-24-15(23)8-5-10(16(17,18)19)14(12(21)6-8)25-9-3-4-13(22)11(20)7-9/h3-7,22H,2H2,1H3. The number of aromatic hydroxyl groups is 1. The number of esters is 1. The van der Waals surface area contributed by atoms with Crippen molar-refractivity contribution in [3.63, 3.8) is 0 Å². The topological polar surface area (TPSA) is 55.8 Å². The number of halogens is 5. The van der Waals surface area contributed by atoms with E-state index >= 15 is 0 Å². The molecular weight excluding hydrogens is 567 g/mol. The van der Waals surface area contributed by atoms with Gasteiger partial charge in [0.05, 0.1) is 19.3 Å². The normalized spacial score (nSPS) is 11.3. The van der Waals surface area contributed by atoms with Crippen LogP contribution in [-0.4, -0.2) is 17.7 Å². The van der Waals surface area contributed by atoms with Crippen LogP contribution in [-0.2, 0) is 10.9 Å². The summed E-state index contributed by atoms with van der Waals surface area (Å²) in [6, 6.07) is 6.07. The molecule has 2 aromatic rings. The summed E-state index contributed by atoms with van der Waals surface area (Å²) in [6.45, 7) is 1.62. The molecule has 9 heteroatoms. The van der Waals surface area contributed by atoms with E-state index in [9.17, 15) is 23.1 Å². The van der Waals surface area contributed by atoms with Crippen LogP contribution in [0.25, 0.3) is 0 Å². The number of hydrogen-bond donors (Lipinski definition) is 1. The van der Waals surface area contributed by atoms with E-state index in [4.69, 9.17) is 9.47 Å². The number of carbonyl (C=O) groups is 1.